The summed E-state index contributed by atoms with van der Waals surface area (Å²) in [6.45, 7) is 0.327. The summed E-state index contributed by atoms with van der Waals surface area (Å²) >= 11 is 11.9. The molecule has 1 aromatic carbocycles. The zero-order chi connectivity index (χ0) is 15.4. The van der Waals surface area contributed by atoms with Gasteiger partial charge in [0.05, 0.1) is 16.1 Å². The maximum absolute atomic E-state index is 13.0. The van der Waals surface area contributed by atoms with Gasteiger partial charge in [0.15, 0.2) is 0 Å². The normalized spacial score (nSPS) is 12.4. The number of pyridine rings is 1. The lowest BCUT2D eigenvalue weighted by Crippen LogP contribution is -2.21. The second kappa shape index (κ2) is 7.13. The molecule has 2 N–H and O–H groups in total. The van der Waals surface area contributed by atoms with Crippen LogP contribution in [0, 0.1) is 11.6 Å². The smallest absolute Gasteiger partial charge is 0.126 e. The number of hydrogen-bond donors (Lipinski definition) is 2. The lowest BCUT2D eigenvalue weighted by atomic mass is 10.1. The standard InChI is InChI=1S/C14H12Cl2F2N2O/c15-11-5-20-6-12(16)14(11)13(21)7-19-4-8-1-9(17)3-10(18)2-8/h1-3,5-6,13,19,21H,4,7H2. The first-order valence-electron chi connectivity index (χ1n) is 6.10. The number of aliphatic hydroxyl groups is 1. The molecule has 2 aromatic rings. The van der Waals surface area contributed by atoms with Gasteiger partial charge in [-0.1, -0.05) is 23.2 Å². The minimum Gasteiger partial charge on any atom is -0.387 e. The molecule has 0 fully saturated rings. The molecule has 0 aliphatic carbocycles. The average molecular weight is 333 g/mol. The van der Waals surface area contributed by atoms with Crippen LogP contribution in [0.3, 0.4) is 0 Å². The number of benzene rings is 1. The molecule has 1 unspecified atom stereocenters. The fourth-order valence-electron chi connectivity index (χ4n) is 1.91. The molecule has 1 aromatic heterocycles. The first-order valence-corrected chi connectivity index (χ1v) is 6.85. The molecule has 0 aliphatic rings. The Labute approximate surface area is 130 Å². The first kappa shape index (κ1) is 16.1. The molecule has 0 saturated heterocycles. The van der Waals surface area contributed by atoms with Crippen LogP contribution in [-0.4, -0.2) is 16.6 Å². The summed E-state index contributed by atoms with van der Waals surface area (Å²) in [5.74, 6) is -1.29. The molecule has 21 heavy (non-hydrogen) atoms. The quantitative estimate of drug-likeness (QED) is 0.880. The van der Waals surface area contributed by atoms with E-state index in [9.17, 15) is 13.9 Å². The minimum atomic E-state index is -0.952. The maximum atomic E-state index is 13.0. The Morgan fingerprint density at radius 3 is 2.24 bits per heavy atom. The molecule has 0 saturated carbocycles. The van der Waals surface area contributed by atoms with Crippen molar-refractivity contribution in [3.63, 3.8) is 0 Å². The summed E-state index contributed by atoms with van der Waals surface area (Å²) in [6.07, 6.45) is 1.81. The molecule has 3 nitrogen and oxygen atoms in total. The molecule has 7 heteroatoms. The highest BCUT2D eigenvalue weighted by molar-refractivity contribution is 6.35. The molecular weight excluding hydrogens is 321 g/mol. The van der Waals surface area contributed by atoms with E-state index < -0.39 is 17.7 Å². The van der Waals surface area contributed by atoms with Gasteiger partial charge in [0, 0.05) is 37.1 Å². The van der Waals surface area contributed by atoms with E-state index in [1.54, 1.807) is 0 Å². The second-order valence-corrected chi connectivity index (χ2v) is 5.26. The van der Waals surface area contributed by atoms with Crippen LogP contribution < -0.4 is 5.32 Å². The molecule has 1 atom stereocenters. The van der Waals surface area contributed by atoms with Crippen molar-refractivity contribution >= 4 is 23.2 Å². The number of nitrogens with zero attached hydrogens (tertiary/aromatic N) is 1. The number of aliphatic hydroxyl groups excluding tert-OH is 1. The third-order valence-corrected chi connectivity index (χ3v) is 3.42. The summed E-state index contributed by atoms with van der Waals surface area (Å²) in [7, 11) is 0. The lowest BCUT2D eigenvalue weighted by molar-refractivity contribution is 0.174. The van der Waals surface area contributed by atoms with E-state index in [4.69, 9.17) is 23.2 Å². The third kappa shape index (κ3) is 4.35. The third-order valence-electron chi connectivity index (χ3n) is 2.81. The van der Waals surface area contributed by atoms with Gasteiger partial charge >= 0.3 is 0 Å². The van der Waals surface area contributed by atoms with Gasteiger partial charge < -0.3 is 10.4 Å². The van der Waals surface area contributed by atoms with Crippen molar-refractivity contribution in [2.24, 2.45) is 0 Å². The predicted octanol–water partition coefficient (Wildman–Crippen LogP) is 3.49. The molecule has 0 amide bonds. The van der Waals surface area contributed by atoms with Crippen LogP contribution in [0.4, 0.5) is 8.78 Å². The highest BCUT2D eigenvalue weighted by atomic mass is 35.5. The predicted molar refractivity (Wildman–Crippen MR) is 77.3 cm³/mol. The highest BCUT2D eigenvalue weighted by Gasteiger charge is 2.15. The largest absolute Gasteiger partial charge is 0.387 e. The van der Waals surface area contributed by atoms with Gasteiger partial charge in [-0.25, -0.2) is 8.78 Å². The summed E-state index contributed by atoms with van der Waals surface area (Å²) in [5, 5.41) is 13.5. The van der Waals surface area contributed by atoms with Gasteiger partial charge in [-0.2, -0.15) is 0 Å². The van der Waals surface area contributed by atoms with Crippen molar-refractivity contribution in [3.8, 4) is 0 Å². The first-order chi connectivity index (χ1) is 9.97. The molecule has 1 heterocycles. The summed E-state index contributed by atoms with van der Waals surface area (Å²) in [4.78, 5) is 3.80. The summed E-state index contributed by atoms with van der Waals surface area (Å²) in [5.41, 5.74) is 0.804. The van der Waals surface area contributed by atoms with Crippen molar-refractivity contribution in [2.45, 2.75) is 12.6 Å². The SMILES string of the molecule is OC(CNCc1cc(F)cc(F)c1)c1c(Cl)cncc1Cl. The van der Waals surface area contributed by atoms with Crippen LogP contribution in [-0.2, 0) is 6.54 Å². The Hall–Kier alpha value is -1.27. The minimum absolute atomic E-state index is 0.127. The zero-order valence-corrected chi connectivity index (χ0v) is 12.3. The van der Waals surface area contributed by atoms with Crippen molar-refractivity contribution < 1.29 is 13.9 Å². The number of nitrogens with one attached hydrogen (secondary N) is 1. The molecule has 0 aliphatic heterocycles. The number of rotatable bonds is 5. The van der Waals surface area contributed by atoms with Gasteiger partial charge in [0.2, 0.25) is 0 Å². The van der Waals surface area contributed by atoms with E-state index in [-0.39, 0.29) is 23.1 Å². The second-order valence-electron chi connectivity index (χ2n) is 4.44. The molecule has 0 radical (unpaired) electrons. The van der Waals surface area contributed by atoms with E-state index in [1.807, 2.05) is 0 Å². The van der Waals surface area contributed by atoms with Crippen molar-refractivity contribution in [2.75, 3.05) is 6.54 Å². The van der Waals surface area contributed by atoms with Crippen LogP contribution in [0.5, 0.6) is 0 Å². The average Bonchev–Trinajstić information content (AvgIpc) is 2.37. The van der Waals surface area contributed by atoms with E-state index >= 15 is 0 Å². The maximum Gasteiger partial charge on any atom is 0.126 e. The topological polar surface area (TPSA) is 45.1 Å². The van der Waals surface area contributed by atoms with Crippen LogP contribution >= 0.6 is 23.2 Å². The van der Waals surface area contributed by atoms with Gasteiger partial charge in [0.25, 0.3) is 0 Å². The van der Waals surface area contributed by atoms with E-state index in [0.717, 1.165) is 6.07 Å². The Bertz CT molecular complexity index is 600. The Morgan fingerprint density at radius 1 is 1.10 bits per heavy atom. The fourth-order valence-corrected chi connectivity index (χ4v) is 2.52. The molecular formula is C14H12Cl2F2N2O. The highest BCUT2D eigenvalue weighted by Crippen LogP contribution is 2.28. The van der Waals surface area contributed by atoms with Gasteiger partial charge in [-0.05, 0) is 17.7 Å². The number of aromatic nitrogens is 1. The van der Waals surface area contributed by atoms with E-state index in [2.05, 4.69) is 10.3 Å². The van der Waals surface area contributed by atoms with Gasteiger partial charge in [-0.15, -0.1) is 0 Å². The Balaban J connectivity index is 1.97. The van der Waals surface area contributed by atoms with Crippen LogP contribution in [0.15, 0.2) is 30.6 Å². The Morgan fingerprint density at radius 2 is 1.67 bits per heavy atom. The number of hydrogen-bond acceptors (Lipinski definition) is 3. The molecule has 112 valence electrons. The van der Waals surface area contributed by atoms with Crippen LogP contribution in [0.1, 0.15) is 17.2 Å². The van der Waals surface area contributed by atoms with Crippen molar-refractivity contribution in [3.05, 3.63) is 63.4 Å². The molecule has 0 bridgehead atoms. The number of halogens is 4. The van der Waals surface area contributed by atoms with Crippen LogP contribution in [0.25, 0.3) is 0 Å². The fraction of sp³-hybridized carbons (Fsp3) is 0.214. The van der Waals surface area contributed by atoms with E-state index in [1.165, 1.54) is 24.5 Å². The van der Waals surface area contributed by atoms with Gasteiger partial charge in [0.1, 0.15) is 11.6 Å². The van der Waals surface area contributed by atoms with Crippen LogP contribution in [0.2, 0.25) is 10.0 Å². The Kier molecular flexibility index (Phi) is 5.47. The molecule has 0 spiro atoms. The summed E-state index contributed by atoms with van der Waals surface area (Å²) in [6, 6.07) is 3.23. The monoisotopic (exact) mass is 332 g/mol. The van der Waals surface area contributed by atoms with Crippen molar-refractivity contribution in [1.29, 1.82) is 0 Å². The molecule has 2 rings (SSSR count). The van der Waals surface area contributed by atoms with Gasteiger partial charge in [-0.3, -0.25) is 4.98 Å². The van der Waals surface area contributed by atoms with E-state index in [0.29, 0.717) is 11.1 Å². The zero-order valence-electron chi connectivity index (χ0n) is 10.8. The summed E-state index contributed by atoms with van der Waals surface area (Å²) < 4.78 is 26.1. The lowest BCUT2D eigenvalue weighted by Gasteiger charge is -2.15. The van der Waals surface area contributed by atoms with Crippen molar-refractivity contribution in [1.82, 2.24) is 10.3 Å².